The molecule has 30 heavy (non-hydrogen) atoms. The van der Waals surface area contributed by atoms with E-state index in [1.165, 1.54) is 12.1 Å². The van der Waals surface area contributed by atoms with Crippen molar-refractivity contribution in [3.63, 3.8) is 0 Å². The molecule has 2 amide bonds. The average molecular weight is 430 g/mol. The van der Waals surface area contributed by atoms with Crippen LogP contribution in [0.4, 0.5) is 5.69 Å². The van der Waals surface area contributed by atoms with E-state index >= 15 is 0 Å². The molecule has 3 rings (SSSR count). The smallest absolute Gasteiger partial charge is 0.316 e. The Kier molecular flexibility index (Phi) is 6.38. The van der Waals surface area contributed by atoms with Crippen molar-refractivity contribution in [3.05, 3.63) is 74.6 Å². The minimum atomic E-state index is -0.606. The highest BCUT2D eigenvalue weighted by Crippen LogP contribution is 2.22. The number of hydrogen-bond donors (Lipinski definition) is 2. The van der Waals surface area contributed by atoms with Gasteiger partial charge in [-0.3, -0.25) is 19.7 Å². The average Bonchev–Trinajstić information content (AvgIpc) is 3.21. The van der Waals surface area contributed by atoms with Gasteiger partial charge in [-0.05, 0) is 19.1 Å². The number of benzene rings is 2. The number of hydrogen-bond acceptors (Lipinski definition) is 7. The van der Waals surface area contributed by atoms with E-state index in [4.69, 9.17) is 16.1 Å². The summed E-state index contributed by atoms with van der Waals surface area (Å²) in [6.07, 6.45) is 0. The molecule has 0 aliphatic carbocycles. The molecular weight excluding hydrogens is 414 g/mol. The van der Waals surface area contributed by atoms with Gasteiger partial charge < -0.3 is 15.2 Å². The quantitative estimate of drug-likeness (QED) is 0.334. The van der Waals surface area contributed by atoms with Gasteiger partial charge in [-0.15, -0.1) is 0 Å². The molecule has 0 saturated heterocycles. The Labute approximate surface area is 175 Å². The van der Waals surface area contributed by atoms with Crippen LogP contribution in [0.5, 0.6) is 0 Å². The van der Waals surface area contributed by atoms with Gasteiger partial charge in [-0.1, -0.05) is 40.5 Å². The number of nitrogens with one attached hydrogen (secondary N) is 2. The number of carbonyl (C=O) groups is 2. The number of carbonyl (C=O) groups excluding carboxylic acids is 2. The zero-order valence-electron chi connectivity index (χ0n) is 15.7. The molecule has 0 aliphatic rings. The van der Waals surface area contributed by atoms with Crippen LogP contribution in [0.1, 0.15) is 26.6 Å². The third-order valence-electron chi connectivity index (χ3n) is 4.00. The lowest BCUT2D eigenvalue weighted by Crippen LogP contribution is -2.34. The summed E-state index contributed by atoms with van der Waals surface area (Å²) >= 11 is 5.91. The molecule has 2 aromatic carbocycles. The number of nitro groups is 1. The Morgan fingerprint density at radius 1 is 1.13 bits per heavy atom. The maximum absolute atomic E-state index is 12.1. The van der Waals surface area contributed by atoms with Crippen LogP contribution in [-0.4, -0.2) is 40.0 Å². The van der Waals surface area contributed by atoms with Crippen molar-refractivity contribution >= 4 is 29.1 Å². The fourth-order valence-corrected chi connectivity index (χ4v) is 2.80. The van der Waals surface area contributed by atoms with Gasteiger partial charge in [0.05, 0.1) is 15.5 Å². The third kappa shape index (κ3) is 4.97. The van der Waals surface area contributed by atoms with Crippen molar-refractivity contribution in [3.8, 4) is 11.4 Å². The summed E-state index contributed by atoms with van der Waals surface area (Å²) in [6, 6.07) is 11.0. The molecule has 0 spiro atoms. The Bertz CT molecular complexity index is 1110. The second kappa shape index (κ2) is 9.14. The fourth-order valence-electron chi connectivity index (χ4n) is 2.54. The molecule has 11 heteroatoms. The highest BCUT2D eigenvalue weighted by atomic mass is 35.5. The van der Waals surface area contributed by atoms with Crippen molar-refractivity contribution in [2.24, 2.45) is 0 Å². The van der Waals surface area contributed by atoms with Gasteiger partial charge in [-0.2, -0.15) is 4.98 Å². The van der Waals surface area contributed by atoms with Crippen LogP contribution in [-0.2, 0) is 0 Å². The Morgan fingerprint density at radius 3 is 2.53 bits per heavy atom. The normalized spacial score (nSPS) is 10.5. The second-order valence-corrected chi connectivity index (χ2v) is 6.63. The lowest BCUT2D eigenvalue weighted by atomic mass is 10.1. The van der Waals surface area contributed by atoms with Gasteiger partial charge in [-0.25, -0.2) is 0 Å². The third-order valence-corrected chi connectivity index (χ3v) is 4.31. The van der Waals surface area contributed by atoms with Crippen LogP contribution in [0.15, 0.2) is 47.0 Å². The SMILES string of the molecule is Cc1cccc(-c2noc(C(=O)NCCNC(=O)c3ccc([N+](=O)[O-])cc3Cl)n2)c1. The number of nitro benzene ring substituents is 1. The zero-order valence-corrected chi connectivity index (χ0v) is 16.5. The van der Waals surface area contributed by atoms with Crippen LogP contribution in [0.3, 0.4) is 0 Å². The van der Waals surface area contributed by atoms with E-state index in [-0.39, 0.29) is 35.3 Å². The van der Waals surface area contributed by atoms with E-state index in [1.807, 2.05) is 25.1 Å². The summed E-state index contributed by atoms with van der Waals surface area (Å²) in [5, 5.41) is 19.6. The minimum Gasteiger partial charge on any atom is -0.350 e. The Morgan fingerprint density at radius 2 is 1.87 bits per heavy atom. The molecule has 0 aliphatic heterocycles. The van der Waals surface area contributed by atoms with E-state index < -0.39 is 16.7 Å². The van der Waals surface area contributed by atoms with Crippen LogP contribution >= 0.6 is 11.6 Å². The molecule has 0 saturated carbocycles. The molecule has 0 unspecified atom stereocenters. The first-order valence-corrected chi connectivity index (χ1v) is 9.14. The number of rotatable bonds is 7. The first-order chi connectivity index (χ1) is 14.3. The second-order valence-electron chi connectivity index (χ2n) is 6.23. The molecule has 3 aromatic rings. The van der Waals surface area contributed by atoms with E-state index in [2.05, 4.69) is 20.8 Å². The van der Waals surface area contributed by atoms with Crippen LogP contribution in [0.25, 0.3) is 11.4 Å². The van der Waals surface area contributed by atoms with Crippen molar-refractivity contribution in [2.45, 2.75) is 6.92 Å². The summed E-state index contributed by atoms with van der Waals surface area (Å²) in [6.45, 7) is 2.11. The van der Waals surface area contributed by atoms with E-state index in [0.717, 1.165) is 17.2 Å². The van der Waals surface area contributed by atoms with Gasteiger partial charge in [0.2, 0.25) is 5.82 Å². The molecule has 0 radical (unpaired) electrons. The van der Waals surface area contributed by atoms with Crippen molar-refractivity contribution in [1.82, 2.24) is 20.8 Å². The largest absolute Gasteiger partial charge is 0.350 e. The number of amides is 2. The zero-order chi connectivity index (χ0) is 21.7. The standard InChI is InChI=1S/C19H16ClN5O5/c1-11-3-2-4-12(9-11)16-23-19(30-24-16)18(27)22-8-7-21-17(26)14-6-5-13(25(28)29)10-15(14)20/h2-6,9-10H,7-8H2,1H3,(H,21,26)(H,22,27). The topological polar surface area (TPSA) is 140 Å². The lowest BCUT2D eigenvalue weighted by Gasteiger charge is -2.07. The molecule has 154 valence electrons. The van der Waals surface area contributed by atoms with E-state index in [1.54, 1.807) is 6.07 Å². The highest BCUT2D eigenvalue weighted by Gasteiger charge is 2.17. The number of nitrogens with zero attached hydrogens (tertiary/aromatic N) is 3. The molecular formula is C19H16ClN5O5. The van der Waals surface area contributed by atoms with Crippen molar-refractivity contribution in [2.75, 3.05) is 13.1 Å². The Balaban J connectivity index is 1.50. The Hall–Kier alpha value is -3.79. The van der Waals surface area contributed by atoms with E-state index in [0.29, 0.717) is 5.82 Å². The number of aromatic nitrogens is 2. The van der Waals surface area contributed by atoms with Crippen molar-refractivity contribution < 1.29 is 19.0 Å². The molecule has 0 bridgehead atoms. The molecule has 1 aromatic heterocycles. The summed E-state index contributed by atoms with van der Waals surface area (Å²) < 4.78 is 4.98. The van der Waals surface area contributed by atoms with Crippen LogP contribution < -0.4 is 10.6 Å². The lowest BCUT2D eigenvalue weighted by molar-refractivity contribution is -0.384. The molecule has 10 nitrogen and oxygen atoms in total. The first kappa shape index (κ1) is 20.9. The molecule has 0 fully saturated rings. The predicted molar refractivity (Wildman–Crippen MR) is 107 cm³/mol. The summed E-state index contributed by atoms with van der Waals surface area (Å²) in [5.74, 6) is -1.01. The fraction of sp³-hybridized carbons (Fsp3) is 0.158. The van der Waals surface area contributed by atoms with Gasteiger partial charge in [0.15, 0.2) is 0 Å². The van der Waals surface area contributed by atoms with Crippen LogP contribution in [0, 0.1) is 17.0 Å². The van der Waals surface area contributed by atoms with Gasteiger partial charge in [0.25, 0.3) is 11.6 Å². The predicted octanol–water partition coefficient (Wildman–Crippen LogP) is 2.77. The first-order valence-electron chi connectivity index (χ1n) is 8.76. The minimum absolute atomic E-state index is 0.0414. The van der Waals surface area contributed by atoms with Gasteiger partial charge in [0, 0.05) is 30.8 Å². The van der Waals surface area contributed by atoms with Gasteiger partial charge >= 0.3 is 11.8 Å². The van der Waals surface area contributed by atoms with E-state index in [9.17, 15) is 19.7 Å². The molecule has 0 atom stereocenters. The number of halogens is 1. The van der Waals surface area contributed by atoms with Crippen molar-refractivity contribution in [1.29, 1.82) is 0 Å². The highest BCUT2D eigenvalue weighted by molar-refractivity contribution is 6.34. The monoisotopic (exact) mass is 429 g/mol. The summed E-state index contributed by atoms with van der Waals surface area (Å²) in [7, 11) is 0. The number of aryl methyl sites for hydroxylation is 1. The molecule has 1 heterocycles. The van der Waals surface area contributed by atoms with Crippen LogP contribution in [0.2, 0.25) is 5.02 Å². The maximum Gasteiger partial charge on any atom is 0.316 e. The maximum atomic E-state index is 12.1. The molecule has 2 N–H and O–H groups in total. The summed E-state index contributed by atoms with van der Waals surface area (Å²) in [4.78, 5) is 38.4. The summed E-state index contributed by atoms with van der Waals surface area (Å²) in [5.41, 5.74) is 1.62. The number of non-ortho nitro benzene ring substituents is 1. The van der Waals surface area contributed by atoms with Gasteiger partial charge in [0.1, 0.15) is 0 Å².